The van der Waals surface area contributed by atoms with Crippen molar-refractivity contribution in [1.29, 1.82) is 0 Å². The first-order valence-corrected chi connectivity index (χ1v) is 8.22. The van der Waals surface area contributed by atoms with E-state index >= 15 is 0 Å². The molecule has 0 aromatic heterocycles. The summed E-state index contributed by atoms with van der Waals surface area (Å²) in [5.74, 6) is 1.05. The minimum absolute atomic E-state index is 0. The molecule has 0 saturated carbocycles. The van der Waals surface area contributed by atoms with Gasteiger partial charge < -0.3 is 20.1 Å². The summed E-state index contributed by atoms with van der Waals surface area (Å²) < 4.78 is 18.9. The maximum atomic E-state index is 13.2. The van der Waals surface area contributed by atoms with Crippen LogP contribution in [0.25, 0.3) is 0 Å². The zero-order valence-electron chi connectivity index (χ0n) is 14.2. The van der Waals surface area contributed by atoms with E-state index in [1.807, 2.05) is 13.8 Å². The van der Waals surface area contributed by atoms with Gasteiger partial charge in [0, 0.05) is 25.7 Å². The second-order valence-electron chi connectivity index (χ2n) is 5.80. The fourth-order valence-electron chi connectivity index (χ4n) is 2.53. The van der Waals surface area contributed by atoms with Crippen LogP contribution in [0.5, 0.6) is 5.75 Å². The third kappa shape index (κ3) is 6.80. The Morgan fingerprint density at radius 3 is 2.79 bits per heavy atom. The number of halogens is 2. The van der Waals surface area contributed by atoms with Crippen molar-refractivity contribution in [3.63, 3.8) is 0 Å². The molecule has 0 bridgehead atoms. The zero-order valence-corrected chi connectivity index (χ0v) is 16.6. The van der Waals surface area contributed by atoms with E-state index in [2.05, 4.69) is 15.2 Å². The van der Waals surface area contributed by atoms with E-state index in [1.54, 1.807) is 12.1 Å². The van der Waals surface area contributed by atoms with E-state index in [-0.39, 0.29) is 42.0 Å². The SMILES string of the molecule is CCNC(=NCC(C)Oc1cccc(F)c1)N1CCC(O)CC1.I. The van der Waals surface area contributed by atoms with Gasteiger partial charge in [-0.1, -0.05) is 6.07 Å². The van der Waals surface area contributed by atoms with Gasteiger partial charge in [0.1, 0.15) is 17.7 Å². The minimum Gasteiger partial charge on any atom is -0.489 e. The monoisotopic (exact) mass is 451 g/mol. The van der Waals surface area contributed by atoms with E-state index in [0.717, 1.165) is 38.4 Å². The lowest BCUT2D eigenvalue weighted by Crippen LogP contribution is -2.47. The molecule has 5 nitrogen and oxygen atoms in total. The van der Waals surface area contributed by atoms with Gasteiger partial charge in [-0.3, -0.25) is 0 Å². The first-order chi connectivity index (χ1) is 11.1. The molecule has 1 unspecified atom stereocenters. The minimum atomic E-state index is -0.307. The predicted molar refractivity (Wildman–Crippen MR) is 105 cm³/mol. The third-order valence-corrected chi connectivity index (χ3v) is 3.73. The van der Waals surface area contributed by atoms with Crippen LogP contribution in [0.4, 0.5) is 4.39 Å². The highest BCUT2D eigenvalue weighted by atomic mass is 127. The summed E-state index contributed by atoms with van der Waals surface area (Å²) in [6.45, 7) is 6.81. The summed E-state index contributed by atoms with van der Waals surface area (Å²) >= 11 is 0. The molecule has 136 valence electrons. The van der Waals surface area contributed by atoms with Gasteiger partial charge in [0.25, 0.3) is 0 Å². The topological polar surface area (TPSA) is 57.1 Å². The third-order valence-electron chi connectivity index (χ3n) is 3.73. The van der Waals surface area contributed by atoms with Gasteiger partial charge in [-0.05, 0) is 38.8 Å². The van der Waals surface area contributed by atoms with Gasteiger partial charge in [0.05, 0.1) is 12.6 Å². The van der Waals surface area contributed by atoms with Crippen LogP contribution in [0, 0.1) is 5.82 Å². The highest BCUT2D eigenvalue weighted by molar-refractivity contribution is 14.0. The molecule has 1 heterocycles. The molecule has 1 fully saturated rings. The van der Waals surface area contributed by atoms with Gasteiger partial charge in [0.15, 0.2) is 5.96 Å². The predicted octanol–water partition coefficient (Wildman–Crippen LogP) is 2.63. The normalized spacial score (nSPS) is 17.2. The van der Waals surface area contributed by atoms with Crippen molar-refractivity contribution in [3.8, 4) is 5.75 Å². The first-order valence-electron chi connectivity index (χ1n) is 8.22. The molecule has 1 atom stereocenters. The van der Waals surface area contributed by atoms with Crippen molar-refractivity contribution in [1.82, 2.24) is 10.2 Å². The van der Waals surface area contributed by atoms with Crippen LogP contribution in [0.1, 0.15) is 26.7 Å². The lowest BCUT2D eigenvalue weighted by molar-refractivity contribution is 0.107. The second-order valence-corrected chi connectivity index (χ2v) is 5.80. The highest BCUT2D eigenvalue weighted by Crippen LogP contribution is 2.14. The van der Waals surface area contributed by atoms with E-state index in [9.17, 15) is 9.50 Å². The van der Waals surface area contributed by atoms with Crippen molar-refractivity contribution < 1.29 is 14.2 Å². The van der Waals surface area contributed by atoms with Crippen molar-refractivity contribution >= 4 is 29.9 Å². The van der Waals surface area contributed by atoms with Gasteiger partial charge >= 0.3 is 0 Å². The number of hydrogen-bond donors (Lipinski definition) is 2. The van der Waals surface area contributed by atoms with Crippen LogP contribution in [0.2, 0.25) is 0 Å². The number of aliphatic imine (C=N–C) groups is 1. The van der Waals surface area contributed by atoms with Crippen LogP contribution in [-0.4, -0.2) is 54.4 Å². The Hall–Kier alpha value is -1.09. The van der Waals surface area contributed by atoms with Crippen LogP contribution < -0.4 is 10.1 Å². The quantitative estimate of drug-likeness (QED) is 0.411. The number of rotatable bonds is 5. The Labute approximate surface area is 160 Å². The van der Waals surface area contributed by atoms with Crippen molar-refractivity contribution in [2.45, 2.75) is 38.9 Å². The molecule has 0 amide bonds. The van der Waals surface area contributed by atoms with E-state index in [1.165, 1.54) is 12.1 Å². The number of likely N-dealkylation sites (tertiary alicyclic amines) is 1. The molecule has 2 N–H and O–H groups in total. The smallest absolute Gasteiger partial charge is 0.194 e. The molecule has 1 aromatic rings. The lowest BCUT2D eigenvalue weighted by Gasteiger charge is -2.32. The second kappa shape index (κ2) is 10.7. The highest BCUT2D eigenvalue weighted by Gasteiger charge is 2.19. The van der Waals surface area contributed by atoms with Crippen LogP contribution in [0.15, 0.2) is 29.3 Å². The summed E-state index contributed by atoms with van der Waals surface area (Å²) in [6.07, 6.45) is 1.17. The van der Waals surface area contributed by atoms with Crippen molar-refractivity contribution in [3.05, 3.63) is 30.1 Å². The fraction of sp³-hybridized carbons (Fsp3) is 0.588. The van der Waals surface area contributed by atoms with Gasteiger partial charge in [-0.25, -0.2) is 9.38 Å². The summed E-state index contributed by atoms with van der Waals surface area (Å²) in [4.78, 5) is 6.77. The first kappa shape index (κ1) is 21.0. The molecule has 7 heteroatoms. The molecule has 0 aliphatic carbocycles. The number of nitrogens with one attached hydrogen (secondary N) is 1. The average molecular weight is 451 g/mol. The number of guanidine groups is 1. The van der Waals surface area contributed by atoms with Gasteiger partial charge in [-0.2, -0.15) is 0 Å². The van der Waals surface area contributed by atoms with Crippen molar-refractivity contribution in [2.24, 2.45) is 4.99 Å². The van der Waals surface area contributed by atoms with Crippen LogP contribution >= 0.6 is 24.0 Å². The number of benzene rings is 1. The summed E-state index contributed by atoms with van der Waals surface area (Å²) in [7, 11) is 0. The summed E-state index contributed by atoms with van der Waals surface area (Å²) in [6, 6.07) is 6.13. The summed E-state index contributed by atoms with van der Waals surface area (Å²) in [5.41, 5.74) is 0. The van der Waals surface area contributed by atoms with E-state index < -0.39 is 0 Å². The number of hydrogen-bond acceptors (Lipinski definition) is 3. The number of piperidine rings is 1. The number of aliphatic hydroxyl groups is 1. The average Bonchev–Trinajstić information content (AvgIpc) is 2.52. The fourth-order valence-corrected chi connectivity index (χ4v) is 2.53. The Bertz CT molecular complexity index is 522. The molecule has 0 radical (unpaired) electrons. The Morgan fingerprint density at radius 2 is 2.17 bits per heavy atom. The molecular formula is C17H27FIN3O2. The Balaban J connectivity index is 0.00000288. The molecule has 1 aliphatic heterocycles. The Morgan fingerprint density at radius 1 is 1.46 bits per heavy atom. The number of ether oxygens (including phenoxy) is 1. The maximum absolute atomic E-state index is 13.2. The number of aliphatic hydroxyl groups excluding tert-OH is 1. The molecule has 24 heavy (non-hydrogen) atoms. The number of nitrogens with zero attached hydrogens (tertiary/aromatic N) is 2. The molecular weight excluding hydrogens is 424 g/mol. The largest absolute Gasteiger partial charge is 0.489 e. The zero-order chi connectivity index (χ0) is 16.7. The molecule has 2 rings (SSSR count). The van der Waals surface area contributed by atoms with E-state index in [0.29, 0.717) is 12.3 Å². The molecule has 1 aliphatic rings. The molecule has 1 saturated heterocycles. The van der Waals surface area contributed by atoms with E-state index in [4.69, 9.17) is 4.74 Å². The Kier molecular flexibility index (Phi) is 9.35. The van der Waals surface area contributed by atoms with Crippen LogP contribution in [0.3, 0.4) is 0 Å². The van der Waals surface area contributed by atoms with Crippen molar-refractivity contribution in [2.75, 3.05) is 26.2 Å². The standard InChI is InChI=1S/C17H26FN3O2.HI/c1-3-19-17(21-9-7-15(22)8-10-21)20-12-13(2)23-16-6-4-5-14(18)11-16;/h4-6,11,13,15,22H,3,7-10,12H2,1-2H3,(H,19,20);1H. The van der Waals surface area contributed by atoms with Crippen LogP contribution in [-0.2, 0) is 0 Å². The van der Waals surface area contributed by atoms with Gasteiger partial charge in [0.2, 0.25) is 0 Å². The molecule has 1 aromatic carbocycles. The maximum Gasteiger partial charge on any atom is 0.194 e. The molecule has 0 spiro atoms. The van der Waals surface area contributed by atoms with Gasteiger partial charge in [-0.15, -0.1) is 24.0 Å². The lowest BCUT2D eigenvalue weighted by atomic mass is 10.1. The summed E-state index contributed by atoms with van der Waals surface area (Å²) in [5, 5.41) is 12.9.